The lowest BCUT2D eigenvalue weighted by Gasteiger charge is -2.28. The van der Waals surface area contributed by atoms with Gasteiger partial charge in [0.25, 0.3) is 0 Å². The molecule has 0 fully saturated rings. The van der Waals surface area contributed by atoms with Gasteiger partial charge in [0.05, 0.1) is 0 Å². The highest BCUT2D eigenvalue weighted by Gasteiger charge is 2.21. The first-order valence-electron chi connectivity index (χ1n) is 5.65. The van der Waals surface area contributed by atoms with Gasteiger partial charge in [-0.3, -0.25) is 0 Å². The van der Waals surface area contributed by atoms with Gasteiger partial charge in [-0.2, -0.15) is 0 Å². The Morgan fingerprint density at radius 3 is 2.62 bits per heavy atom. The topological polar surface area (TPSA) is 0 Å². The molecule has 0 radical (unpaired) electrons. The number of halogens is 2. The van der Waals surface area contributed by atoms with Crippen LogP contribution in [0.5, 0.6) is 0 Å². The second-order valence-electron chi connectivity index (χ2n) is 5.14. The molecule has 0 aliphatic heterocycles. The first-order chi connectivity index (χ1) is 7.48. The van der Waals surface area contributed by atoms with E-state index < -0.39 is 0 Å². The quantitative estimate of drug-likeness (QED) is 0.613. The molecule has 2 heteroatoms. The summed E-state index contributed by atoms with van der Waals surface area (Å²) < 4.78 is 0. The summed E-state index contributed by atoms with van der Waals surface area (Å²) in [6.07, 6.45) is 5.91. The highest BCUT2D eigenvalue weighted by atomic mass is 35.5. The molecule has 0 saturated carbocycles. The van der Waals surface area contributed by atoms with E-state index in [2.05, 4.69) is 19.9 Å². The highest BCUT2D eigenvalue weighted by Crippen LogP contribution is 2.39. The number of hydrogen-bond acceptors (Lipinski definition) is 0. The molecule has 2 rings (SSSR count). The molecule has 16 heavy (non-hydrogen) atoms. The minimum Gasteiger partial charge on any atom is -0.0843 e. The minimum atomic E-state index is 0.277. The van der Waals surface area contributed by atoms with Gasteiger partial charge in [-0.05, 0) is 54.0 Å². The standard InChI is InChI=1S/C14H16Cl2/c1-14(2)7-3-4-10(9-14)12-8-11(15)5-6-13(12)16/h5-6,8-9H,3-4,7H2,1-2H3. The van der Waals surface area contributed by atoms with Gasteiger partial charge < -0.3 is 0 Å². The molecule has 1 aromatic rings. The van der Waals surface area contributed by atoms with Gasteiger partial charge in [0, 0.05) is 10.0 Å². The molecule has 0 N–H and O–H groups in total. The predicted molar refractivity (Wildman–Crippen MR) is 72.1 cm³/mol. The molecule has 1 aromatic carbocycles. The molecule has 0 heterocycles. The van der Waals surface area contributed by atoms with Crippen LogP contribution in [-0.2, 0) is 0 Å². The molecule has 1 aliphatic rings. The van der Waals surface area contributed by atoms with Crippen LogP contribution in [0.25, 0.3) is 5.57 Å². The second-order valence-corrected chi connectivity index (χ2v) is 5.98. The van der Waals surface area contributed by atoms with Crippen molar-refractivity contribution < 1.29 is 0 Å². The average molecular weight is 255 g/mol. The van der Waals surface area contributed by atoms with Crippen molar-refractivity contribution in [3.05, 3.63) is 39.9 Å². The smallest absolute Gasteiger partial charge is 0.0482 e. The van der Waals surface area contributed by atoms with Gasteiger partial charge in [0.15, 0.2) is 0 Å². The highest BCUT2D eigenvalue weighted by molar-refractivity contribution is 6.34. The largest absolute Gasteiger partial charge is 0.0843 e. The van der Waals surface area contributed by atoms with Crippen LogP contribution in [0.1, 0.15) is 38.7 Å². The van der Waals surface area contributed by atoms with Gasteiger partial charge in [-0.15, -0.1) is 0 Å². The van der Waals surface area contributed by atoms with Crippen molar-refractivity contribution in [1.82, 2.24) is 0 Å². The van der Waals surface area contributed by atoms with Crippen molar-refractivity contribution in [2.24, 2.45) is 5.41 Å². The minimum absolute atomic E-state index is 0.277. The maximum Gasteiger partial charge on any atom is 0.0482 e. The zero-order chi connectivity index (χ0) is 11.8. The fourth-order valence-electron chi connectivity index (χ4n) is 2.31. The summed E-state index contributed by atoms with van der Waals surface area (Å²) in [6, 6.07) is 5.68. The average Bonchev–Trinajstić information content (AvgIpc) is 2.20. The summed E-state index contributed by atoms with van der Waals surface area (Å²) >= 11 is 12.2. The Kier molecular flexibility index (Phi) is 3.32. The van der Waals surface area contributed by atoms with Crippen LogP contribution in [0.3, 0.4) is 0 Å². The maximum atomic E-state index is 6.22. The normalized spacial score (nSPS) is 19.4. The summed E-state index contributed by atoms with van der Waals surface area (Å²) in [5, 5.41) is 1.55. The van der Waals surface area contributed by atoms with E-state index in [9.17, 15) is 0 Å². The lowest BCUT2D eigenvalue weighted by atomic mass is 9.78. The summed E-state index contributed by atoms with van der Waals surface area (Å²) in [5.41, 5.74) is 2.71. The molecule has 1 aliphatic carbocycles. The molecule has 0 amide bonds. The van der Waals surface area contributed by atoms with E-state index in [1.54, 1.807) is 0 Å². The van der Waals surface area contributed by atoms with Gasteiger partial charge in [-0.1, -0.05) is 43.1 Å². The monoisotopic (exact) mass is 254 g/mol. The van der Waals surface area contributed by atoms with Crippen LogP contribution >= 0.6 is 23.2 Å². The van der Waals surface area contributed by atoms with Gasteiger partial charge in [0.2, 0.25) is 0 Å². The fraction of sp³-hybridized carbons (Fsp3) is 0.429. The third-order valence-corrected chi connectivity index (χ3v) is 3.67. The third kappa shape index (κ3) is 2.61. The summed E-state index contributed by atoms with van der Waals surface area (Å²) in [4.78, 5) is 0. The van der Waals surface area contributed by atoms with E-state index >= 15 is 0 Å². The molecule has 0 aromatic heterocycles. The van der Waals surface area contributed by atoms with Crippen LogP contribution < -0.4 is 0 Å². The molecule has 0 spiro atoms. The Morgan fingerprint density at radius 2 is 1.94 bits per heavy atom. The number of benzene rings is 1. The van der Waals surface area contributed by atoms with E-state index in [4.69, 9.17) is 23.2 Å². The van der Waals surface area contributed by atoms with Gasteiger partial charge >= 0.3 is 0 Å². The van der Waals surface area contributed by atoms with Crippen molar-refractivity contribution in [2.45, 2.75) is 33.1 Å². The van der Waals surface area contributed by atoms with Crippen LogP contribution in [0.2, 0.25) is 10.0 Å². The molecule has 86 valence electrons. The maximum absolute atomic E-state index is 6.22. The van der Waals surface area contributed by atoms with Crippen molar-refractivity contribution in [3.63, 3.8) is 0 Å². The molecular formula is C14H16Cl2. The predicted octanol–water partition coefficient (Wildman–Crippen LogP) is 5.59. The van der Waals surface area contributed by atoms with E-state index in [0.717, 1.165) is 22.0 Å². The zero-order valence-corrected chi connectivity index (χ0v) is 11.2. The van der Waals surface area contributed by atoms with Crippen LogP contribution in [-0.4, -0.2) is 0 Å². The van der Waals surface area contributed by atoms with E-state index in [1.807, 2.05) is 18.2 Å². The molecule has 0 atom stereocenters. The van der Waals surface area contributed by atoms with Gasteiger partial charge in [0.1, 0.15) is 0 Å². The molecule has 0 saturated heterocycles. The summed E-state index contributed by atoms with van der Waals surface area (Å²) in [5.74, 6) is 0. The second kappa shape index (κ2) is 4.43. The van der Waals surface area contributed by atoms with Crippen molar-refractivity contribution in [3.8, 4) is 0 Å². The molecule has 0 nitrogen and oxygen atoms in total. The Balaban J connectivity index is 2.44. The number of rotatable bonds is 1. The fourth-order valence-corrected chi connectivity index (χ4v) is 2.72. The zero-order valence-electron chi connectivity index (χ0n) is 9.69. The van der Waals surface area contributed by atoms with Crippen molar-refractivity contribution >= 4 is 28.8 Å². The molecule has 0 bridgehead atoms. The third-order valence-electron chi connectivity index (χ3n) is 3.11. The Morgan fingerprint density at radius 1 is 1.19 bits per heavy atom. The summed E-state index contributed by atoms with van der Waals surface area (Å²) in [7, 11) is 0. The SMILES string of the molecule is CC1(C)C=C(c2cc(Cl)ccc2Cl)CCC1. The van der Waals surface area contributed by atoms with Crippen LogP contribution in [0.4, 0.5) is 0 Å². The first-order valence-corrected chi connectivity index (χ1v) is 6.41. The molecule has 0 unspecified atom stereocenters. The summed E-state index contributed by atoms with van der Waals surface area (Å²) in [6.45, 7) is 4.54. The van der Waals surface area contributed by atoms with E-state index in [0.29, 0.717) is 0 Å². The van der Waals surface area contributed by atoms with Crippen LogP contribution in [0.15, 0.2) is 24.3 Å². The lowest BCUT2D eigenvalue weighted by Crippen LogP contribution is -2.12. The van der Waals surface area contributed by atoms with E-state index in [-0.39, 0.29) is 5.41 Å². The Bertz CT molecular complexity index is 430. The number of hydrogen-bond donors (Lipinski definition) is 0. The lowest BCUT2D eigenvalue weighted by molar-refractivity contribution is 0.411. The van der Waals surface area contributed by atoms with Crippen molar-refractivity contribution in [2.75, 3.05) is 0 Å². The molecular weight excluding hydrogens is 239 g/mol. The van der Waals surface area contributed by atoms with E-state index in [1.165, 1.54) is 18.4 Å². The van der Waals surface area contributed by atoms with Crippen LogP contribution in [0, 0.1) is 5.41 Å². The van der Waals surface area contributed by atoms with Gasteiger partial charge in [-0.25, -0.2) is 0 Å². The Hall–Kier alpha value is -0.460. The van der Waals surface area contributed by atoms with Crippen molar-refractivity contribution in [1.29, 1.82) is 0 Å². The first kappa shape index (κ1) is 12.0. The number of allylic oxidation sites excluding steroid dienone is 2. The Labute approximate surface area is 107 Å².